The largest absolute Gasteiger partial charge is 0.341 e. The molecule has 1 heterocycles. The summed E-state index contributed by atoms with van der Waals surface area (Å²) in [7, 11) is 0. The predicted octanol–water partition coefficient (Wildman–Crippen LogP) is 1.55. The molecule has 0 aliphatic carbocycles. The molecular weight excluding hydrogens is 188 g/mol. The molecule has 1 aliphatic rings. The lowest BCUT2D eigenvalue weighted by Crippen LogP contribution is -2.44. The van der Waals surface area contributed by atoms with Gasteiger partial charge in [-0.05, 0) is 26.2 Å². The second-order valence-electron chi connectivity index (χ2n) is 4.24. The maximum atomic E-state index is 11.9. The first kappa shape index (κ1) is 12.2. The van der Waals surface area contributed by atoms with Crippen LogP contribution in [0.5, 0.6) is 0 Å². The first-order valence-electron chi connectivity index (χ1n) is 5.84. The maximum Gasteiger partial charge on any atom is 0.239 e. The molecule has 0 radical (unpaired) electrons. The second kappa shape index (κ2) is 5.91. The van der Waals surface area contributed by atoms with Gasteiger partial charge in [-0.25, -0.2) is 0 Å². The molecule has 1 saturated heterocycles. The van der Waals surface area contributed by atoms with Gasteiger partial charge in [-0.15, -0.1) is 0 Å². The standard InChI is InChI=1S/C12H22N2O/c1-4-10(2)9-13-11(3)12(15)14-7-5-6-8-14/h11,13H,2,4-9H2,1,3H3. The molecule has 1 unspecified atom stereocenters. The lowest BCUT2D eigenvalue weighted by molar-refractivity contribution is -0.131. The average molecular weight is 210 g/mol. The number of rotatable bonds is 5. The monoisotopic (exact) mass is 210 g/mol. The van der Waals surface area contributed by atoms with Crippen LogP contribution in [0.15, 0.2) is 12.2 Å². The third-order valence-electron chi connectivity index (χ3n) is 2.95. The molecule has 1 amide bonds. The van der Waals surface area contributed by atoms with E-state index in [1.54, 1.807) is 0 Å². The first-order chi connectivity index (χ1) is 7.15. The van der Waals surface area contributed by atoms with E-state index in [2.05, 4.69) is 18.8 Å². The van der Waals surface area contributed by atoms with E-state index in [0.717, 1.165) is 44.5 Å². The van der Waals surface area contributed by atoms with Crippen molar-refractivity contribution in [3.63, 3.8) is 0 Å². The molecule has 0 aromatic rings. The summed E-state index contributed by atoms with van der Waals surface area (Å²) in [5.74, 6) is 0.233. The van der Waals surface area contributed by atoms with Gasteiger partial charge in [0, 0.05) is 19.6 Å². The van der Waals surface area contributed by atoms with Crippen LogP contribution in [-0.4, -0.2) is 36.5 Å². The smallest absolute Gasteiger partial charge is 0.239 e. The lowest BCUT2D eigenvalue weighted by atomic mass is 10.2. The van der Waals surface area contributed by atoms with E-state index < -0.39 is 0 Å². The van der Waals surface area contributed by atoms with Gasteiger partial charge in [0.05, 0.1) is 6.04 Å². The summed E-state index contributed by atoms with van der Waals surface area (Å²) >= 11 is 0. The van der Waals surface area contributed by atoms with Gasteiger partial charge in [0.15, 0.2) is 0 Å². The highest BCUT2D eigenvalue weighted by atomic mass is 16.2. The topological polar surface area (TPSA) is 32.3 Å². The van der Waals surface area contributed by atoms with Gasteiger partial charge in [-0.1, -0.05) is 19.1 Å². The first-order valence-corrected chi connectivity index (χ1v) is 5.84. The van der Waals surface area contributed by atoms with Crippen molar-refractivity contribution in [1.29, 1.82) is 0 Å². The molecule has 3 nitrogen and oxygen atoms in total. The molecule has 1 aliphatic heterocycles. The van der Waals surface area contributed by atoms with Gasteiger partial charge in [-0.2, -0.15) is 0 Å². The quantitative estimate of drug-likeness (QED) is 0.698. The molecule has 0 aromatic carbocycles. The molecule has 86 valence electrons. The Morgan fingerprint density at radius 3 is 2.60 bits per heavy atom. The number of nitrogens with zero attached hydrogens (tertiary/aromatic N) is 1. The predicted molar refractivity (Wildman–Crippen MR) is 62.7 cm³/mol. The third kappa shape index (κ3) is 3.67. The molecule has 0 saturated carbocycles. The zero-order valence-corrected chi connectivity index (χ0v) is 9.88. The number of likely N-dealkylation sites (tertiary alicyclic amines) is 1. The Morgan fingerprint density at radius 2 is 2.07 bits per heavy atom. The molecule has 0 bridgehead atoms. The van der Waals surface area contributed by atoms with Crippen LogP contribution >= 0.6 is 0 Å². The van der Waals surface area contributed by atoms with E-state index in [-0.39, 0.29) is 11.9 Å². The van der Waals surface area contributed by atoms with Crippen LogP contribution in [0.25, 0.3) is 0 Å². The molecular formula is C12H22N2O. The SMILES string of the molecule is C=C(CC)CNC(C)C(=O)N1CCCC1. The van der Waals surface area contributed by atoms with Gasteiger partial charge in [0.1, 0.15) is 0 Å². The van der Waals surface area contributed by atoms with E-state index >= 15 is 0 Å². The molecule has 1 rings (SSSR count). The summed E-state index contributed by atoms with van der Waals surface area (Å²) in [6.07, 6.45) is 3.28. The van der Waals surface area contributed by atoms with Crippen LogP contribution in [0.2, 0.25) is 0 Å². The number of nitrogens with one attached hydrogen (secondary N) is 1. The van der Waals surface area contributed by atoms with Crippen LogP contribution in [-0.2, 0) is 4.79 Å². The van der Waals surface area contributed by atoms with E-state index in [1.807, 2.05) is 11.8 Å². The van der Waals surface area contributed by atoms with Gasteiger partial charge in [0.25, 0.3) is 0 Å². The van der Waals surface area contributed by atoms with E-state index in [9.17, 15) is 4.79 Å². The van der Waals surface area contributed by atoms with Crippen LogP contribution < -0.4 is 5.32 Å². The Kier molecular flexibility index (Phi) is 4.82. The normalized spacial score (nSPS) is 17.9. The third-order valence-corrected chi connectivity index (χ3v) is 2.95. The zero-order valence-electron chi connectivity index (χ0n) is 9.88. The van der Waals surface area contributed by atoms with Gasteiger partial charge in [0.2, 0.25) is 5.91 Å². The summed E-state index contributed by atoms with van der Waals surface area (Å²) < 4.78 is 0. The Morgan fingerprint density at radius 1 is 1.47 bits per heavy atom. The van der Waals surface area contributed by atoms with Crippen molar-refractivity contribution < 1.29 is 4.79 Å². The Hall–Kier alpha value is -0.830. The van der Waals surface area contributed by atoms with Crippen molar-refractivity contribution >= 4 is 5.91 Å². The highest BCUT2D eigenvalue weighted by Crippen LogP contribution is 2.09. The summed E-state index contributed by atoms with van der Waals surface area (Å²) in [6.45, 7) is 10.5. The van der Waals surface area contributed by atoms with Crippen LogP contribution in [0.3, 0.4) is 0 Å². The van der Waals surface area contributed by atoms with Crippen molar-refractivity contribution in [2.45, 2.75) is 39.2 Å². The lowest BCUT2D eigenvalue weighted by Gasteiger charge is -2.21. The molecule has 0 aromatic heterocycles. The Balaban J connectivity index is 2.29. The fourth-order valence-electron chi connectivity index (χ4n) is 1.72. The fourth-order valence-corrected chi connectivity index (χ4v) is 1.72. The Labute approximate surface area is 92.5 Å². The van der Waals surface area contributed by atoms with Crippen LogP contribution in [0, 0.1) is 0 Å². The number of amides is 1. The van der Waals surface area contributed by atoms with Gasteiger partial charge in [-0.3, -0.25) is 4.79 Å². The molecule has 15 heavy (non-hydrogen) atoms. The zero-order chi connectivity index (χ0) is 11.3. The number of hydrogen-bond donors (Lipinski definition) is 1. The van der Waals surface area contributed by atoms with Crippen LogP contribution in [0.1, 0.15) is 33.1 Å². The van der Waals surface area contributed by atoms with Gasteiger partial charge >= 0.3 is 0 Å². The summed E-state index contributed by atoms with van der Waals surface area (Å²) in [5, 5.41) is 3.22. The highest BCUT2D eigenvalue weighted by Gasteiger charge is 2.22. The summed E-state index contributed by atoms with van der Waals surface area (Å²) in [5.41, 5.74) is 1.15. The minimum Gasteiger partial charge on any atom is -0.341 e. The second-order valence-corrected chi connectivity index (χ2v) is 4.24. The minimum absolute atomic E-state index is 0.0774. The number of hydrogen-bond acceptors (Lipinski definition) is 2. The van der Waals surface area contributed by atoms with E-state index in [1.165, 1.54) is 0 Å². The number of carbonyl (C=O) groups is 1. The molecule has 1 fully saturated rings. The van der Waals surface area contributed by atoms with Crippen LogP contribution in [0.4, 0.5) is 0 Å². The van der Waals surface area contributed by atoms with Gasteiger partial charge < -0.3 is 10.2 Å². The Bertz CT molecular complexity index is 232. The average Bonchev–Trinajstić information content (AvgIpc) is 2.77. The minimum atomic E-state index is -0.0774. The summed E-state index contributed by atoms with van der Waals surface area (Å²) in [4.78, 5) is 13.8. The van der Waals surface area contributed by atoms with Crippen molar-refractivity contribution in [3.8, 4) is 0 Å². The van der Waals surface area contributed by atoms with E-state index in [0.29, 0.717) is 0 Å². The summed E-state index contributed by atoms with van der Waals surface area (Å²) in [6, 6.07) is -0.0774. The fraction of sp³-hybridized carbons (Fsp3) is 0.750. The van der Waals surface area contributed by atoms with Crippen molar-refractivity contribution in [2.75, 3.05) is 19.6 Å². The van der Waals surface area contributed by atoms with Crippen molar-refractivity contribution in [2.24, 2.45) is 0 Å². The van der Waals surface area contributed by atoms with E-state index in [4.69, 9.17) is 0 Å². The molecule has 1 atom stereocenters. The number of carbonyl (C=O) groups excluding carboxylic acids is 1. The van der Waals surface area contributed by atoms with Crippen molar-refractivity contribution in [3.05, 3.63) is 12.2 Å². The van der Waals surface area contributed by atoms with Crippen molar-refractivity contribution in [1.82, 2.24) is 10.2 Å². The molecule has 0 spiro atoms. The molecule has 1 N–H and O–H groups in total. The highest BCUT2D eigenvalue weighted by molar-refractivity contribution is 5.81. The maximum absolute atomic E-state index is 11.9. The molecule has 3 heteroatoms.